The molecular formula is C19H28N7O+. The monoisotopic (exact) mass is 370 g/mol. The van der Waals surface area contributed by atoms with Gasteiger partial charge >= 0.3 is 5.84 Å². The van der Waals surface area contributed by atoms with Crippen molar-refractivity contribution in [3.05, 3.63) is 34.2 Å². The number of aliphatic imine (C=N–C) groups is 1. The Bertz CT molecular complexity index is 900. The lowest BCUT2D eigenvalue weighted by molar-refractivity contribution is -0.548. The second kappa shape index (κ2) is 7.26. The summed E-state index contributed by atoms with van der Waals surface area (Å²) in [6, 6.07) is 0. The molecule has 144 valence electrons. The summed E-state index contributed by atoms with van der Waals surface area (Å²) in [7, 11) is 2.03. The fraction of sp³-hybridized carbons (Fsp3) is 0.579. The molecule has 4 heterocycles. The zero-order valence-corrected chi connectivity index (χ0v) is 16.3. The number of imidazole rings is 1. The fourth-order valence-corrected chi connectivity index (χ4v) is 4.28. The van der Waals surface area contributed by atoms with Crippen molar-refractivity contribution in [3.8, 4) is 0 Å². The SMILES string of the molecule is CCc1c2c(nn1C)CC[N+](=C(N=CN)c1nc(C)[nH]c1[C@@H]1CCOC1)C2. The molecule has 0 spiro atoms. The van der Waals surface area contributed by atoms with Crippen LogP contribution in [0.5, 0.6) is 0 Å². The Balaban J connectivity index is 1.79. The molecule has 0 aromatic carbocycles. The van der Waals surface area contributed by atoms with Gasteiger partial charge in [-0.25, -0.2) is 4.98 Å². The van der Waals surface area contributed by atoms with Crippen molar-refractivity contribution in [1.29, 1.82) is 0 Å². The number of amidine groups is 1. The van der Waals surface area contributed by atoms with E-state index in [1.165, 1.54) is 23.3 Å². The predicted molar refractivity (Wildman–Crippen MR) is 103 cm³/mol. The summed E-state index contributed by atoms with van der Waals surface area (Å²) in [5, 5.41) is 4.70. The summed E-state index contributed by atoms with van der Waals surface area (Å²) >= 11 is 0. The van der Waals surface area contributed by atoms with Crippen molar-refractivity contribution in [1.82, 2.24) is 19.7 Å². The topological polar surface area (TPSA) is 97.1 Å². The first-order valence-corrected chi connectivity index (χ1v) is 9.66. The maximum absolute atomic E-state index is 5.72. The highest BCUT2D eigenvalue weighted by atomic mass is 16.5. The lowest BCUT2D eigenvalue weighted by Gasteiger charge is -2.16. The molecule has 3 N–H and O–H groups in total. The molecule has 4 rings (SSSR count). The van der Waals surface area contributed by atoms with Gasteiger partial charge in [-0.05, 0) is 24.8 Å². The Morgan fingerprint density at radius 3 is 3.07 bits per heavy atom. The van der Waals surface area contributed by atoms with E-state index in [1.54, 1.807) is 0 Å². The number of rotatable bonds is 3. The predicted octanol–water partition coefficient (Wildman–Crippen LogP) is 1.02. The Morgan fingerprint density at radius 2 is 2.37 bits per heavy atom. The van der Waals surface area contributed by atoms with E-state index in [0.29, 0.717) is 5.92 Å². The summed E-state index contributed by atoms with van der Waals surface area (Å²) < 4.78 is 9.89. The van der Waals surface area contributed by atoms with E-state index in [2.05, 4.69) is 21.5 Å². The Hall–Kier alpha value is -2.48. The molecule has 0 aliphatic carbocycles. The maximum Gasteiger partial charge on any atom is 0.348 e. The van der Waals surface area contributed by atoms with Gasteiger partial charge in [0.25, 0.3) is 0 Å². The second-order valence-electron chi connectivity index (χ2n) is 7.27. The molecule has 2 aromatic rings. The number of aromatic amines is 1. The number of ether oxygens (including phenoxy) is 1. The number of aryl methyl sites for hydroxylation is 2. The van der Waals surface area contributed by atoms with Gasteiger partial charge in [-0.15, -0.1) is 0 Å². The molecular weight excluding hydrogens is 342 g/mol. The molecule has 0 unspecified atom stereocenters. The third-order valence-corrected chi connectivity index (χ3v) is 5.56. The highest BCUT2D eigenvalue weighted by Crippen LogP contribution is 2.28. The molecule has 2 aromatic heterocycles. The van der Waals surface area contributed by atoms with Gasteiger partial charge < -0.3 is 15.5 Å². The van der Waals surface area contributed by atoms with Crippen LogP contribution in [0.3, 0.4) is 0 Å². The minimum Gasteiger partial charge on any atom is -0.381 e. The number of hydrogen-bond donors (Lipinski definition) is 2. The lowest BCUT2D eigenvalue weighted by atomic mass is 10.0. The molecule has 27 heavy (non-hydrogen) atoms. The fourth-order valence-electron chi connectivity index (χ4n) is 4.28. The Kier molecular flexibility index (Phi) is 4.82. The highest BCUT2D eigenvalue weighted by Gasteiger charge is 2.32. The second-order valence-corrected chi connectivity index (χ2v) is 7.27. The molecule has 0 saturated carbocycles. The first-order chi connectivity index (χ1) is 13.1. The average molecular weight is 370 g/mol. The Labute approximate surface area is 159 Å². The van der Waals surface area contributed by atoms with E-state index < -0.39 is 0 Å². The van der Waals surface area contributed by atoms with Crippen LogP contribution in [0.15, 0.2) is 4.99 Å². The molecule has 8 nitrogen and oxygen atoms in total. The molecule has 1 fully saturated rings. The largest absolute Gasteiger partial charge is 0.381 e. The van der Waals surface area contributed by atoms with Gasteiger partial charge in [-0.2, -0.15) is 5.10 Å². The van der Waals surface area contributed by atoms with E-state index in [4.69, 9.17) is 20.6 Å². The Morgan fingerprint density at radius 1 is 1.52 bits per heavy atom. The van der Waals surface area contributed by atoms with Crippen molar-refractivity contribution in [3.63, 3.8) is 0 Å². The van der Waals surface area contributed by atoms with Gasteiger partial charge in [0.1, 0.15) is 12.4 Å². The third-order valence-electron chi connectivity index (χ3n) is 5.56. The van der Waals surface area contributed by atoms with Crippen molar-refractivity contribution >= 4 is 12.2 Å². The number of H-pyrrole nitrogens is 1. The van der Waals surface area contributed by atoms with E-state index in [-0.39, 0.29) is 0 Å². The summed E-state index contributed by atoms with van der Waals surface area (Å²) in [5.74, 6) is 2.05. The van der Waals surface area contributed by atoms with Crippen LogP contribution in [0.4, 0.5) is 0 Å². The van der Waals surface area contributed by atoms with Crippen LogP contribution in [0.1, 0.15) is 53.4 Å². The zero-order chi connectivity index (χ0) is 19.0. The number of nitrogens with one attached hydrogen (secondary N) is 1. The van der Waals surface area contributed by atoms with Gasteiger partial charge in [0.2, 0.25) is 6.34 Å². The quantitative estimate of drug-likeness (QED) is 0.479. The van der Waals surface area contributed by atoms with Crippen molar-refractivity contribution in [2.45, 2.75) is 45.6 Å². The van der Waals surface area contributed by atoms with Gasteiger partial charge in [0.15, 0.2) is 5.69 Å². The van der Waals surface area contributed by atoms with Gasteiger partial charge in [-0.3, -0.25) is 9.26 Å². The van der Waals surface area contributed by atoms with Crippen LogP contribution in [-0.4, -0.2) is 56.3 Å². The summed E-state index contributed by atoms with van der Waals surface area (Å²) in [6.45, 7) is 7.31. The summed E-state index contributed by atoms with van der Waals surface area (Å²) in [6.07, 6.45) is 4.24. The smallest absolute Gasteiger partial charge is 0.348 e. The lowest BCUT2D eigenvalue weighted by Crippen LogP contribution is -2.29. The van der Waals surface area contributed by atoms with Gasteiger partial charge in [-0.1, -0.05) is 6.92 Å². The van der Waals surface area contributed by atoms with E-state index in [9.17, 15) is 0 Å². The van der Waals surface area contributed by atoms with Crippen molar-refractivity contribution < 1.29 is 9.31 Å². The van der Waals surface area contributed by atoms with Crippen LogP contribution >= 0.6 is 0 Å². The van der Waals surface area contributed by atoms with E-state index in [0.717, 1.165) is 68.6 Å². The van der Waals surface area contributed by atoms with Crippen LogP contribution in [0.25, 0.3) is 0 Å². The highest BCUT2D eigenvalue weighted by molar-refractivity contribution is 5.98. The first kappa shape index (κ1) is 17.9. The minimum atomic E-state index is 0.328. The number of nitrogens with zero attached hydrogens (tertiary/aromatic N) is 5. The van der Waals surface area contributed by atoms with Gasteiger partial charge in [0.05, 0.1) is 24.5 Å². The van der Waals surface area contributed by atoms with Crippen LogP contribution < -0.4 is 5.73 Å². The van der Waals surface area contributed by atoms with Crippen LogP contribution in [0, 0.1) is 6.92 Å². The molecule has 1 atom stereocenters. The van der Waals surface area contributed by atoms with E-state index >= 15 is 0 Å². The molecule has 0 radical (unpaired) electrons. The van der Waals surface area contributed by atoms with Crippen LogP contribution in [-0.2, 0) is 31.2 Å². The summed E-state index contributed by atoms with van der Waals surface area (Å²) in [5.41, 5.74) is 11.5. The van der Waals surface area contributed by atoms with Gasteiger partial charge in [0, 0.05) is 37.3 Å². The van der Waals surface area contributed by atoms with Crippen molar-refractivity contribution in [2.24, 2.45) is 17.8 Å². The molecule has 0 bridgehead atoms. The van der Waals surface area contributed by atoms with E-state index in [1.807, 2.05) is 18.7 Å². The minimum absolute atomic E-state index is 0.328. The maximum atomic E-state index is 5.72. The molecule has 1 saturated heterocycles. The number of nitrogens with two attached hydrogens (primary N) is 1. The standard InChI is InChI=1S/C19H27N7O/c1-4-16-14-9-26(7-5-15(14)24-25(16)3)19(21-11-20)18-17(22-12(2)23-18)13-6-8-27-10-13/h11,13H,4-10H2,1-3H3,(H2,20,21,22,23)/p+1/t13-/m1/s1. The average Bonchev–Trinajstić information content (AvgIpc) is 3.36. The van der Waals surface area contributed by atoms with Crippen molar-refractivity contribution in [2.75, 3.05) is 19.8 Å². The third kappa shape index (κ3) is 3.18. The number of fused-ring (bicyclic) bond motifs is 1. The van der Waals surface area contributed by atoms with Crippen LogP contribution in [0.2, 0.25) is 0 Å². The molecule has 2 aliphatic heterocycles. The molecule has 8 heteroatoms. The normalized spacial score (nSPS) is 21.8. The molecule has 2 aliphatic rings. The summed E-state index contributed by atoms with van der Waals surface area (Å²) in [4.78, 5) is 12.8. The zero-order valence-electron chi connectivity index (χ0n) is 16.3. The number of aromatic nitrogens is 4. The first-order valence-electron chi connectivity index (χ1n) is 9.66. The number of hydrogen-bond acceptors (Lipinski definition) is 3. The molecule has 0 amide bonds.